The van der Waals surface area contributed by atoms with Crippen LogP contribution in [0.25, 0.3) is 10.2 Å². The summed E-state index contributed by atoms with van der Waals surface area (Å²) in [6.07, 6.45) is 4.03. The molecule has 2 aromatic carbocycles. The molecule has 0 saturated carbocycles. The van der Waals surface area contributed by atoms with Gasteiger partial charge in [0.1, 0.15) is 0 Å². The molecule has 0 atom stereocenters. The highest BCUT2D eigenvalue weighted by atomic mass is 32.2. The predicted octanol–water partition coefficient (Wildman–Crippen LogP) is 5.04. The minimum atomic E-state index is 0.149. The summed E-state index contributed by atoms with van der Waals surface area (Å²) < 4.78 is 1.25. The van der Waals surface area contributed by atoms with Crippen LogP contribution in [0.2, 0.25) is 0 Å². The minimum absolute atomic E-state index is 0.149. The van der Waals surface area contributed by atoms with Crippen molar-refractivity contribution in [3.05, 3.63) is 59.1 Å². The van der Waals surface area contributed by atoms with Crippen molar-refractivity contribution in [2.45, 2.75) is 23.7 Å². The molecule has 0 radical (unpaired) electrons. The molecule has 5 heteroatoms. The topological polar surface area (TPSA) is 33.2 Å². The Hall–Kier alpha value is -1.85. The van der Waals surface area contributed by atoms with Crippen molar-refractivity contribution in [3.8, 4) is 0 Å². The monoisotopic (exact) mass is 368 g/mol. The average Bonchev–Trinajstić information content (AvgIpc) is 3.12. The van der Waals surface area contributed by atoms with E-state index in [1.54, 1.807) is 23.1 Å². The number of thioether (sulfide) groups is 1. The van der Waals surface area contributed by atoms with Gasteiger partial charge in [-0.2, -0.15) is 0 Å². The van der Waals surface area contributed by atoms with Crippen molar-refractivity contribution in [2.24, 2.45) is 0 Å². The molecule has 1 aliphatic heterocycles. The van der Waals surface area contributed by atoms with Gasteiger partial charge in [0.2, 0.25) is 0 Å². The van der Waals surface area contributed by atoms with Crippen molar-refractivity contribution in [1.29, 1.82) is 0 Å². The number of carbonyl (C=O) groups is 1. The van der Waals surface area contributed by atoms with E-state index in [4.69, 9.17) is 4.98 Å². The second-order valence-corrected chi connectivity index (χ2v) is 8.26. The van der Waals surface area contributed by atoms with Gasteiger partial charge in [-0.25, -0.2) is 4.98 Å². The van der Waals surface area contributed by atoms with Crippen LogP contribution in [0.15, 0.2) is 53.4 Å². The number of hydrogen-bond acceptors (Lipinski definition) is 4. The van der Waals surface area contributed by atoms with Gasteiger partial charge in [0.05, 0.1) is 15.2 Å². The van der Waals surface area contributed by atoms with E-state index in [2.05, 4.69) is 18.2 Å². The number of aromatic nitrogens is 1. The fraction of sp³-hybridized carbons (Fsp3) is 0.300. The zero-order valence-electron chi connectivity index (χ0n) is 14.1. The number of likely N-dealkylation sites (tertiary alicyclic amines) is 1. The lowest BCUT2D eigenvalue weighted by molar-refractivity contribution is 0.0713. The number of benzene rings is 2. The van der Waals surface area contributed by atoms with Crippen LogP contribution in [0.3, 0.4) is 0 Å². The molecule has 0 bridgehead atoms. The van der Waals surface area contributed by atoms with Crippen LogP contribution in [0.4, 0.5) is 0 Å². The molecule has 25 heavy (non-hydrogen) atoms. The molecular weight excluding hydrogens is 348 g/mol. The zero-order valence-corrected chi connectivity index (χ0v) is 15.8. The molecule has 4 rings (SSSR count). The van der Waals surface area contributed by atoms with Gasteiger partial charge < -0.3 is 4.90 Å². The van der Waals surface area contributed by atoms with Crippen molar-refractivity contribution in [3.63, 3.8) is 0 Å². The molecule has 0 N–H and O–H groups in total. The van der Waals surface area contributed by atoms with Crippen LogP contribution in [0.1, 0.15) is 34.1 Å². The van der Waals surface area contributed by atoms with E-state index < -0.39 is 0 Å². The van der Waals surface area contributed by atoms with Gasteiger partial charge in [0, 0.05) is 29.5 Å². The molecule has 1 aliphatic rings. The second kappa shape index (κ2) is 7.18. The molecule has 1 fully saturated rings. The van der Waals surface area contributed by atoms with E-state index in [-0.39, 0.29) is 5.91 Å². The summed E-state index contributed by atoms with van der Waals surface area (Å²) in [6, 6.07) is 16.2. The molecule has 3 aromatic rings. The highest BCUT2D eigenvalue weighted by Gasteiger charge is 2.26. The fourth-order valence-electron chi connectivity index (χ4n) is 3.31. The molecule has 0 aliphatic carbocycles. The quantitative estimate of drug-likeness (QED) is 0.607. The highest BCUT2D eigenvalue weighted by Crippen LogP contribution is 2.34. The summed E-state index contributed by atoms with van der Waals surface area (Å²) in [5, 5.41) is 1.22. The Morgan fingerprint density at radius 2 is 1.84 bits per heavy atom. The molecule has 0 spiro atoms. The number of thiazole rings is 1. The van der Waals surface area contributed by atoms with Crippen LogP contribution >= 0.6 is 23.1 Å². The third-order valence-electron chi connectivity index (χ3n) is 4.78. The molecule has 1 amide bonds. The third kappa shape index (κ3) is 3.44. The minimum Gasteiger partial charge on any atom is -0.339 e. The SMILES string of the molecule is CSc1ccc(C(=O)N2CCC(c3nc4ccccc4s3)CC2)cc1. The van der Waals surface area contributed by atoms with Gasteiger partial charge >= 0.3 is 0 Å². The predicted molar refractivity (Wildman–Crippen MR) is 106 cm³/mol. The Labute approximate surface area is 156 Å². The van der Waals surface area contributed by atoms with Gasteiger partial charge in [-0.1, -0.05) is 12.1 Å². The normalized spacial score (nSPS) is 15.6. The Kier molecular flexibility index (Phi) is 4.77. The van der Waals surface area contributed by atoms with Crippen molar-refractivity contribution in [2.75, 3.05) is 19.3 Å². The maximum atomic E-state index is 12.7. The van der Waals surface area contributed by atoms with Crippen LogP contribution in [0, 0.1) is 0 Å². The van der Waals surface area contributed by atoms with Gasteiger partial charge in [-0.3, -0.25) is 4.79 Å². The first-order valence-electron chi connectivity index (χ1n) is 8.53. The Balaban J connectivity index is 1.42. The summed E-state index contributed by atoms with van der Waals surface area (Å²) in [5.74, 6) is 0.621. The lowest BCUT2D eigenvalue weighted by Crippen LogP contribution is -2.37. The number of fused-ring (bicyclic) bond motifs is 1. The lowest BCUT2D eigenvalue weighted by atomic mass is 9.97. The maximum Gasteiger partial charge on any atom is 0.253 e. The van der Waals surface area contributed by atoms with Crippen LogP contribution in [-0.2, 0) is 0 Å². The largest absolute Gasteiger partial charge is 0.339 e. The number of rotatable bonds is 3. The zero-order chi connectivity index (χ0) is 17.2. The maximum absolute atomic E-state index is 12.7. The standard InChI is InChI=1S/C20H20N2OS2/c1-24-16-8-6-15(7-9-16)20(23)22-12-10-14(11-13-22)19-21-17-4-2-3-5-18(17)25-19/h2-9,14H,10-13H2,1H3. The number of piperidine rings is 1. The molecule has 1 saturated heterocycles. The molecule has 2 heterocycles. The number of nitrogens with zero attached hydrogens (tertiary/aromatic N) is 2. The molecule has 128 valence electrons. The van der Waals surface area contributed by atoms with Gasteiger partial charge in [-0.05, 0) is 55.5 Å². The van der Waals surface area contributed by atoms with E-state index >= 15 is 0 Å². The number of amides is 1. The highest BCUT2D eigenvalue weighted by molar-refractivity contribution is 7.98. The molecule has 3 nitrogen and oxygen atoms in total. The van der Waals surface area contributed by atoms with Crippen LogP contribution < -0.4 is 0 Å². The summed E-state index contributed by atoms with van der Waals surface area (Å²) in [5.41, 5.74) is 1.88. The van der Waals surface area contributed by atoms with Crippen molar-refractivity contribution in [1.82, 2.24) is 9.88 Å². The van der Waals surface area contributed by atoms with E-state index in [1.807, 2.05) is 41.5 Å². The first-order valence-corrected chi connectivity index (χ1v) is 10.6. The molecule has 1 aromatic heterocycles. The fourth-order valence-corrected chi connectivity index (χ4v) is 4.86. The third-order valence-corrected chi connectivity index (χ3v) is 6.72. The van der Waals surface area contributed by atoms with Gasteiger partial charge in [0.15, 0.2) is 0 Å². The Morgan fingerprint density at radius 3 is 2.52 bits per heavy atom. The smallest absolute Gasteiger partial charge is 0.253 e. The van der Waals surface area contributed by atoms with E-state index in [0.717, 1.165) is 37.0 Å². The molecular formula is C20H20N2OS2. The van der Waals surface area contributed by atoms with Crippen molar-refractivity contribution >= 4 is 39.2 Å². The Morgan fingerprint density at radius 1 is 1.12 bits per heavy atom. The van der Waals surface area contributed by atoms with Crippen LogP contribution in [-0.4, -0.2) is 35.1 Å². The first kappa shape index (κ1) is 16.6. The summed E-state index contributed by atoms with van der Waals surface area (Å²) in [4.78, 5) is 20.7. The van der Waals surface area contributed by atoms with E-state index in [0.29, 0.717) is 5.92 Å². The van der Waals surface area contributed by atoms with E-state index in [9.17, 15) is 4.79 Å². The van der Waals surface area contributed by atoms with Gasteiger partial charge in [-0.15, -0.1) is 23.1 Å². The van der Waals surface area contributed by atoms with Gasteiger partial charge in [0.25, 0.3) is 5.91 Å². The average molecular weight is 369 g/mol. The second-order valence-electron chi connectivity index (χ2n) is 6.31. The first-order chi connectivity index (χ1) is 12.2. The summed E-state index contributed by atoms with van der Waals surface area (Å²) in [7, 11) is 0. The van der Waals surface area contributed by atoms with Crippen molar-refractivity contribution < 1.29 is 4.79 Å². The molecule has 0 unspecified atom stereocenters. The Bertz CT molecular complexity index is 847. The lowest BCUT2D eigenvalue weighted by Gasteiger charge is -2.31. The number of hydrogen-bond donors (Lipinski definition) is 0. The summed E-state index contributed by atoms with van der Waals surface area (Å²) >= 11 is 3.49. The number of para-hydroxylation sites is 1. The number of carbonyl (C=O) groups excluding carboxylic acids is 1. The summed E-state index contributed by atoms with van der Waals surface area (Å²) in [6.45, 7) is 1.62. The van der Waals surface area contributed by atoms with Crippen LogP contribution in [0.5, 0.6) is 0 Å². The van der Waals surface area contributed by atoms with E-state index in [1.165, 1.54) is 14.6 Å².